The van der Waals surface area contributed by atoms with Crippen molar-refractivity contribution < 1.29 is 5.11 Å². The first-order valence-corrected chi connectivity index (χ1v) is 5.91. The van der Waals surface area contributed by atoms with Crippen LogP contribution in [0.4, 0.5) is 5.69 Å². The Hall–Kier alpha value is -1.06. The number of benzene rings is 1. The number of aliphatic hydroxyl groups is 1. The molecule has 0 radical (unpaired) electrons. The van der Waals surface area contributed by atoms with Gasteiger partial charge in [-0.2, -0.15) is 0 Å². The molecule has 1 aliphatic rings. The van der Waals surface area contributed by atoms with E-state index < -0.39 is 6.10 Å². The van der Waals surface area contributed by atoms with Gasteiger partial charge in [0.05, 0.1) is 6.10 Å². The van der Waals surface area contributed by atoms with E-state index in [-0.39, 0.29) is 0 Å². The van der Waals surface area contributed by atoms with E-state index in [0.29, 0.717) is 12.2 Å². The van der Waals surface area contributed by atoms with Crippen LogP contribution in [0.3, 0.4) is 0 Å². The van der Waals surface area contributed by atoms with Crippen LogP contribution in [0.2, 0.25) is 0 Å². The van der Waals surface area contributed by atoms with Gasteiger partial charge in [-0.25, -0.2) is 0 Å². The highest BCUT2D eigenvalue weighted by atomic mass is 16.3. The van der Waals surface area contributed by atoms with Gasteiger partial charge in [-0.1, -0.05) is 19.1 Å². The van der Waals surface area contributed by atoms with E-state index in [1.54, 1.807) is 0 Å². The van der Waals surface area contributed by atoms with Crippen molar-refractivity contribution in [2.75, 3.05) is 25.4 Å². The van der Waals surface area contributed by atoms with Crippen molar-refractivity contribution >= 4 is 5.69 Å². The fraction of sp³-hybridized carbons (Fsp3) is 0.538. The summed E-state index contributed by atoms with van der Waals surface area (Å²) in [7, 11) is 0. The van der Waals surface area contributed by atoms with Crippen LogP contribution in [-0.4, -0.2) is 29.6 Å². The lowest BCUT2D eigenvalue weighted by Crippen LogP contribution is -2.26. The monoisotopic (exact) mass is 220 g/mol. The van der Waals surface area contributed by atoms with Gasteiger partial charge in [0, 0.05) is 18.8 Å². The molecule has 16 heavy (non-hydrogen) atoms. The molecule has 1 aromatic carbocycles. The number of likely N-dealkylation sites (tertiary alicyclic amines) is 1. The summed E-state index contributed by atoms with van der Waals surface area (Å²) in [5.74, 6) is 0.757. The van der Waals surface area contributed by atoms with Gasteiger partial charge >= 0.3 is 0 Å². The van der Waals surface area contributed by atoms with E-state index in [9.17, 15) is 5.11 Å². The maximum absolute atomic E-state index is 10.1. The second-order valence-corrected chi connectivity index (χ2v) is 4.84. The Morgan fingerprint density at radius 2 is 2.38 bits per heavy atom. The lowest BCUT2D eigenvalue weighted by molar-refractivity contribution is 0.124. The van der Waals surface area contributed by atoms with E-state index in [4.69, 9.17) is 5.73 Å². The first-order chi connectivity index (χ1) is 7.65. The standard InChI is InChI=1S/C13H20N2O/c1-10-5-6-15(8-10)9-13(16)11-3-2-4-12(14)7-11/h2-4,7,10,13,16H,5-6,8-9,14H2,1H3. The van der Waals surface area contributed by atoms with Gasteiger partial charge in [0.25, 0.3) is 0 Å². The molecule has 0 saturated carbocycles. The number of rotatable bonds is 3. The molecule has 2 unspecified atom stereocenters. The van der Waals surface area contributed by atoms with Crippen LogP contribution in [0.5, 0.6) is 0 Å². The molecule has 1 aliphatic heterocycles. The van der Waals surface area contributed by atoms with Crippen molar-refractivity contribution in [3.8, 4) is 0 Å². The summed E-state index contributed by atoms with van der Waals surface area (Å²) in [6, 6.07) is 7.51. The second kappa shape index (κ2) is 4.85. The van der Waals surface area contributed by atoms with E-state index in [0.717, 1.165) is 24.6 Å². The molecule has 3 N–H and O–H groups in total. The quantitative estimate of drug-likeness (QED) is 0.761. The van der Waals surface area contributed by atoms with Crippen LogP contribution >= 0.6 is 0 Å². The number of nitrogen functional groups attached to an aromatic ring is 1. The second-order valence-electron chi connectivity index (χ2n) is 4.84. The third-order valence-corrected chi connectivity index (χ3v) is 3.23. The van der Waals surface area contributed by atoms with Gasteiger partial charge in [0.2, 0.25) is 0 Å². The molecule has 1 aromatic rings. The molecule has 1 saturated heterocycles. The van der Waals surface area contributed by atoms with Crippen LogP contribution in [-0.2, 0) is 0 Å². The van der Waals surface area contributed by atoms with Crippen molar-refractivity contribution in [3.63, 3.8) is 0 Å². The molecular weight excluding hydrogens is 200 g/mol. The average molecular weight is 220 g/mol. The lowest BCUT2D eigenvalue weighted by Gasteiger charge is -2.20. The average Bonchev–Trinajstić information content (AvgIpc) is 2.64. The number of β-amino-alcohol motifs (C(OH)–C–C–N with tert-alkyl or cyclic N) is 1. The van der Waals surface area contributed by atoms with Gasteiger partial charge in [-0.3, -0.25) is 0 Å². The Labute approximate surface area is 96.9 Å². The van der Waals surface area contributed by atoms with Crippen molar-refractivity contribution in [1.29, 1.82) is 0 Å². The smallest absolute Gasteiger partial charge is 0.0917 e. The SMILES string of the molecule is CC1CCN(CC(O)c2cccc(N)c2)C1. The largest absolute Gasteiger partial charge is 0.399 e. The molecule has 88 valence electrons. The minimum Gasteiger partial charge on any atom is -0.399 e. The zero-order valence-corrected chi connectivity index (χ0v) is 9.76. The molecule has 1 heterocycles. The highest BCUT2D eigenvalue weighted by Gasteiger charge is 2.21. The summed E-state index contributed by atoms with van der Waals surface area (Å²) in [6.45, 7) is 5.17. The van der Waals surface area contributed by atoms with E-state index in [1.807, 2.05) is 24.3 Å². The first-order valence-electron chi connectivity index (χ1n) is 5.91. The van der Waals surface area contributed by atoms with Crippen molar-refractivity contribution in [2.24, 2.45) is 5.92 Å². The molecule has 0 aromatic heterocycles. The van der Waals surface area contributed by atoms with Gasteiger partial charge in [-0.05, 0) is 36.6 Å². The fourth-order valence-corrected chi connectivity index (χ4v) is 2.31. The fourth-order valence-electron chi connectivity index (χ4n) is 2.31. The number of hydrogen-bond acceptors (Lipinski definition) is 3. The Morgan fingerprint density at radius 1 is 1.56 bits per heavy atom. The van der Waals surface area contributed by atoms with Crippen molar-refractivity contribution in [1.82, 2.24) is 4.90 Å². The minimum atomic E-state index is -0.422. The molecule has 2 atom stereocenters. The molecule has 0 amide bonds. The number of aliphatic hydroxyl groups excluding tert-OH is 1. The third-order valence-electron chi connectivity index (χ3n) is 3.23. The number of anilines is 1. The normalized spacial score (nSPS) is 23.5. The number of hydrogen-bond donors (Lipinski definition) is 2. The summed E-state index contributed by atoms with van der Waals surface area (Å²) in [5, 5.41) is 10.1. The Bertz CT molecular complexity index is 354. The molecule has 0 aliphatic carbocycles. The molecule has 0 bridgehead atoms. The zero-order chi connectivity index (χ0) is 11.5. The predicted molar refractivity (Wildman–Crippen MR) is 66.0 cm³/mol. The zero-order valence-electron chi connectivity index (χ0n) is 9.76. The Kier molecular flexibility index (Phi) is 3.46. The summed E-state index contributed by atoms with van der Waals surface area (Å²) in [6.07, 6.45) is 0.817. The number of nitrogens with two attached hydrogens (primary N) is 1. The van der Waals surface area contributed by atoms with E-state index in [1.165, 1.54) is 6.42 Å². The molecule has 0 spiro atoms. The van der Waals surface area contributed by atoms with Gasteiger partial charge in [-0.15, -0.1) is 0 Å². The maximum Gasteiger partial charge on any atom is 0.0917 e. The highest BCUT2D eigenvalue weighted by molar-refractivity contribution is 5.41. The summed E-state index contributed by atoms with van der Waals surface area (Å²) in [5.41, 5.74) is 7.33. The Balaban J connectivity index is 1.95. The molecule has 3 nitrogen and oxygen atoms in total. The summed E-state index contributed by atoms with van der Waals surface area (Å²) in [4.78, 5) is 2.32. The maximum atomic E-state index is 10.1. The molecule has 3 heteroatoms. The van der Waals surface area contributed by atoms with Crippen LogP contribution in [0, 0.1) is 5.92 Å². The molecule has 2 rings (SSSR count). The van der Waals surface area contributed by atoms with Crippen LogP contribution in [0.25, 0.3) is 0 Å². The highest BCUT2D eigenvalue weighted by Crippen LogP contribution is 2.21. The van der Waals surface area contributed by atoms with Crippen LogP contribution < -0.4 is 5.73 Å². The van der Waals surface area contributed by atoms with Crippen LogP contribution in [0.15, 0.2) is 24.3 Å². The Morgan fingerprint density at radius 3 is 3.00 bits per heavy atom. The van der Waals surface area contributed by atoms with Crippen molar-refractivity contribution in [3.05, 3.63) is 29.8 Å². The summed E-state index contributed by atoms with van der Waals surface area (Å²) < 4.78 is 0. The van der Waals surface area contributed by atoms with Crippen molar-refractivity contribution in [2.45, 2.75) is 19.4 Å². The van der Waals surface area contributed by atoms with Gasteiger partial charge in [0.15, 0.2) is 0 Å². The van der Waals surface area contributed by atoms with Crippen LogP contribution in [0.1, 0.15) is 25.0 Å². The first kappa shape index (κ1) is 11.4. The topological polar surface area (TPSA) is 49.5 Å². The third kappa shape index (κ3) is 2.74. The number of nitrogens with zero attached hydrogens (tertiary/aromatic N) is 1. The van der Waals surface area contributed by atoms with E-state index >= 15 is 0 Å². The van der Waals surface area contributed by atoms with Gasteiger partial charge < -0.3 is 15.7 Å². The minimum absolute atomic E-state index is 0.422. The summed E-state index contributed by atoms with van der Waals surface area (Å²) >= 11 is 0. The lowest BCUT2D eigenvalue weighted by atomic mass is 10.1. The van der Waals surface area contributed by atoms with Gasteiger partial charge in [0.1, 0.15) is 0 Å². The molecule has 1 fully saturated rings. The predicted octanol–water partition coefficient (Wildman–Crippen LogP) is 1.64. The molecular formula is C13H20N2O. The van der Waals surface area contributed by atoms with E-state index in [2.05, 4.69) is 11.8 Å².